The lowest BCUT2D eigenvalue weighted by atomic mass is 9.70. The van der Waals surface area contributed by atoms with E-state index in [2.05, 4.69) is 45.0 Å². The monoisotopic (exact) mass is 499 g/mol. The van der Waals surface area contributed by atoms with Crippen LogP contribution in [-0.2, 0) is 10.2 Å². The normalized spacial score (nSPS) is 12.8. The Morgan fingerprint density at radius 1 is 0.944 bits per heavy atom. The molecule has 200 valence electrons. The van der Waals surface area contributed by atoms with Gasteiger partial charge in [-0.25, -0.2) is 5.48 Å². The van der Waals surface area contributed by atoms with Gasteiger partial charge in [-0.15, -0.1) is 0 Å². The third-order valence-corrected chi connectivity index (χ3v) is 7.18. The molecule has 1 atom stereocenters. The molecule has 6 nitrogen and oxygen atoms in total. The van der Waals surface area contributed by atoms with Crippen molar-refractivity contribution in [3.8, 4) is 11.5 Å². The van der Waals surface area contributed by atoms with E-state index in [1.54, 1.807) is 5.48 Å². The summed E-state index contributed by atoms with van der Waals surface area (Å²) in [6.07, 6.45) is 4.18. The van der Waals surface area contributed by atoms with Crippen molar-refractivity contribution in [3.05, 3.63) is 59.2 Å². The molecular formula is C30H45NO5. The van der Waals surface area contributed by atoms with Crippen molar-refractivity contribution in [2.75, 3.05) is 13.2 Å². The predicted molar refractivity (Wildman–Crippen MR) is 144 cm³/mol. The smallest absolute Gasteiger partial charge is 0.243 e. The van der Waals surface area contributed by atoms with Crippen LogP contribution in [0.1, 0.15) is 89.8 Å². The number of ether oxygens (including phenoxy) is 2. The molecule has 36 heavy (non-hydrogen) atoms. The summed E-state index contributed by atoms with van der Waals surface area (Å²) in [5, 5.41) is 18.9. The van der Waals surface area contributed by atoms with Gasteiger partial charge in [-0.05, 0) is 79.3 Å². The van der Waals surface area contributed by atoms with Gasteiger partial charge >= 0.3 is 0 Å². The molecule has 1 amide bonds. The second-order valence-electron chi connectivity index (χ2n) is 10.7. The lowest BCUT2D eigenvalue weighted by molar-refractivity contribution is -0.129. The third-order valence-electron chi connectivity index (χ3n) is 7.18. The maximum atomic E-state index is 11.0. The van der Waals surface area contributed by atoms with Crippen LogP contribution in [0.4, 0.5) is 0 Å². The number of carbonyl (C=O) groups is 1. The summed E-state index contributed by atoms with van der Waals surface area (Å²) < 4.78 is 11.9. The van der Waals surface area contributed by atoms with Crippen molar-refractivity contribution in [1.29, 1.82) is 0 Å². The number of rotatable bonds is 14. The van der Waals surface area contributed by atoms with Crippen LogP contribution >= 0.6 is 0 Å². The van der Waals surface area contributed by atoms with Gasteiger partial charge in [0.1, 0.15) is 18.1 Å². The quantitative estimate of drug-likeness (QED) is 0.161. The van der Waals surface area contributed by atoms with Gasteiger partial charge in [0, 0.05) is 11.8 Å². The minimum atomic E-state index is -0.532. The highest BCUT2D eigenvalue weighted by Gasteiger charge is 2.31. The first-order valence-corrected chi connectivity index (χ1v) is 13.2. The Morgan fingerprint density at radius 2 is 1.58 bits per heavy atom. The number of hydroxylamine groups is 1. The maximum Gasteiger partial charge on any atom is 0.243 e. The van der Waals surface area contributed by atoms with E-state index in [1.807, 2.05) is 39.0 Å². The van der Waals surface area contributed by atoms with Gasteiger partial charge in [-0.1, -0.05) is 58.9 Å². The van der Waals surface area contributed by atoms with Gasteiger partial charge in [0.15, 0.2) is 0 Å². The fourth-order valence-corrected chi connectivity index (χ4v) is 4.44. The van der Waals surface area contributed by atoms with Crippen LogP contribution in [0.5, 0.6) is 11.5 Å². The fourth-order valence-electron chi connectivity index (χ4n) is 4.44. The SMILES string of the molecule is CCC(CC)(c1ccc(OCCCCCC(=O)NO)cc1)c1ccc(OCC(O)C(C)(C)C)c(C)c1. The van der Waals surface area contributed by atoms with Crippen LogP contribution in [0, 0.1) is 12.3 Å². The van der Waals surface area contributed by atoms with Crippen molar-refractivity contribution >= 4 is 5.91 Å². The zero-order valence-corrected chi connectivity index (χ0v) is 22.9. The van der Waals surface area contributed by atoms with Crippen molar-refractivity contribution in [2.45, 2.75) is 91.6 Å². The number of carbonyl (C=O) groups excluding carboxylic acids is 1. The molecule has 2 aromatic carbocycles. The van der Waals surface area contributed by atoms with E-state index in [4.69, 9.17) is 14.7 Å². The number of benzene rings is 2. The van der Waals surface area contributed by atoms with Crippen LogP contribution < -0.4 is 15.0 Å². The second kappa shape index (κ2) is 13.7. The molecule has 0 spiro atoms. The van der Waals surface area contributed by atoms with E-state index in [9.17, 15) is 9.90 Å². The average Bonchev–Trinajstić information content (AvgIpc) is 2.86. The fraction of sp³-hybridized carbons (Fsp3) is 0.567. The largest absolute Gasteiger partial charge is 0.494 e. The molecule has 0 aliphatic rings. The van der Waals surface area contributed by atoms with Crippen LogP contribution in [0.2, 0.25) is 0 Å². The topological polar surface area (TPSA) is 88.0 Å². The Hall–Kier alpha value is -2.57. The van der Waals surface area contributed by atoms with Gasteiger partial charge in [-0.3, -0.25) is 10.0 Å². The zero-order chi connectivity index (χ0) is 26.8. The minimum absolute atomic E-state index is 0.111. The molecule has 0 saturated heterocycles. The number of amides is 1. The Bertz CT molecular complexity index is 945. The van der Waals surface area contributed by atoms with E-state index >= 15 is 0 Å². The molecule has 0 heterocycles. The summed E-state index contributed by atoms with van der Waals surface area (Å²) in [4.78, 5) is 11.0. The molecule has 0 fully saturated rings. The van der Waals surface area contributed by atoms with E-state index in [1.165, 1.54) is 11.1 Å². The summed E-state index contributed by atoms with van der Waals surface area (Å²) in [6, 6.07) is 14.8. The van der Waals surface area contributed by atoms with Crippen molar-refractivity contribution in [1.82, 2.24) is 5.48 Å². The standard InChI is InChI=1S/C30H45NO5/c1-7-30(8-2,24-15-18-26(22(3)20-24)36-21-27(32)29(4,5)6)23-13-16-25(17-14-23)35-19-11-9-10-12-28(33)31-34/h13-18,20,27,32,34H,7-12,19,21H2,1-6H3,(H,31,33). The molecule has 6 heteroatoms. The minimum Gasteiger partial charge on any atom is -0.494 e. The molecule has 0 saturated carbocycles. The van der Waals surface area contributed by atoms with Crippen LogP contribution in [-0.4, -0.2) is 35.5 Å². The second-order valence-corrected chi connectivity index (χ2v) is 10.7. The number of hydrogen-bond donors (Lipinski definition) is 3. The van der Waals surface area contributed by atoms with E-state index in [0.29, 0.717) is 13.0 Å². The van der Waals surface area contributed by atoms with Gasteiger partial charge in [-0.2, -0.15) is 0 Å². The summed E-state index contributed by atoms with van der Waals surface area (Å²) in [7, 11) is 0. The lowest BCUT2D eigenvalue weighted by Crippen LogP contribution is -2.32. The molecule has 0 aliphatic heterocycles. The predicted octanol–water partition coefficient (Wildman–Crippen LogP) is 6.33. The molecule has 0 aromatic heterocycles. The number of unbranched alkanes of at least 4 members (excludes halogenated alkanes) is 2. The third kappa shape index (κ3) is 7.97. The number of nitrogens with one attached hydrogen (secondary N) is 1. The Balaban J connectivity index is 2.06. The highest BCUT2D eigenvalue weighted by Crippen LogP contribution is 2.41. The van der Waals surface area contributed by atoms with E-state index in [0.717, 1.165) is 49.2 Å². The van der Waals surface area contributed by atoms with Gasteiger partial charge < -0.3 is 14.6 Å². The molecular weight excluding hydrogens is 454 g/mol. The first-order chi connectivity index (χ1) is 17.1. The zero-order valence-electron chi connectivity index (χ0n) is 22.9. The number of aryl methyl sites for hydroxylation is 1. The molecule has 2 rings (SSSR count). The molecule has 2 aromatic rings. The number of aliphatic hydroxyl groups is 1. The highest BCUT2D eigenvalue weighted by atomic mass is 16.5. The Morgan fingerprint density at radius 3 is 2.14 bits per heavy atom. The van der Waals surface area contributed by atoms with Crippen molar-refractivity contribution < 1.29 is 24.6 Å². The Labute approximate surface area is 217 Å². The van der Waals surface area contributed by atoms with Crippen LogP contribution in [0.25, 0.3) is 0 Å². The van der Waals surface area contributed by atoms with E-state index < -0.39 is 6.10 Å². The van der Waals surface area contributed by atoms with Crippen LogP contribution in [0.15, 0.2) is 42.5 Å². The lowest BCUT2D eigenvalue weighted by Gasteiger charge is -2.34. The van der Waals surface area contributed by atoms with E-state index in [-0.39, 0.29) is 23.3 Å². The maximum absolute atomic E-state index is 11.0. The molecule has 0 aliphatic carbocycles. The van der Waals surface area contributed by atoms with Crippen molar-refractivity contribution in [3.63, 3.8) is 0 Å². The first-order valence-electron chi connectivity index (χ1n) is 13.2. The molecule has 1 unspecified atom stereocenters. The first kappa shape index (κ1) is 29.7. The summed E-state index contributed by atoms with van der Waals surface area (Å²) >= 11 is 0. The Kier molecular flexibility index (Phi) is 11.3. The van der Waals surface area contributed by atoms with Crippen molar-refractivity contribution in [2.24, 2.45) is 5.41 Å². The molecule has 3 N–H and O–H groups in total. The molecule has 0 radical (unpaired) electrons. The summed E-state index contributed by atoms with van der Waals surface area (Å²) in [5.74, 6) is 1.30. The average molecular weight is 500 g/mol. The summed E-state index contributed by atoms with van der Waals surface area (Å²) in [6.45, 7) is 13.4. The molecule has 0 bridgehead atoms. The number of hydrogen-bond acceptors (Lipinski definition) is 5. The number of aliphatic hydroxyl groups excluding tert-OH is 1. The van der Waals surface area contributed by atoms with Gasteiger partial charge in [0.25, 0.3) is 0 Å². The summed E-state index contributed by atoms with van der Waals surface area (Å²) in [5.41, 5.74) is 4.90. The van der Waals surface area contributed by atoms with Gasteiger partial charge in [0.2, 0.25) is 5.91 Å². The van der Waals surface area contributed by atoms with Gasteiger partial charge in [0.05, 0.1) is 12.7 Å². The van der Waals surface area contributed by atoms with Crippen LogP contribution in [0.3, 0.4) is 0 Å². The highest BCUT2D eigenvalue weighted by molar-refractivity contribution is 5.74.